The average molecular weight is 1860 g/mol. The monoisotopic (exact) mass is 1850 g/mol. The van der Waals surface area contributed by atoms with Crippen molar-refractivity contribution in [3.63, 3.8) is 0 Å². The largest absolute Gasteiger partial charge is 0.881 e. The van der Waals surface area contributed by atoms with Gasteiger partial charge in [0.05, 0.1) is 35.1 Å². The van der Waals surface area contributed by atoms with Gasteiger partial charge in [0.25, 0.3) is 8.32 Å². The molecule has 0 fully saturated rings. The molecule has 0 aliphatic rings. The second-order valence-corrected chi connectivity index (χ2v) is 39.2. The predicted octanol–water partition coefficient (Wildman–Crippen LogP) is 24.2. The number of benzene rings is 14. The number of hydrogen-bond acceptors (Lipinski definition) is 15. The minimum absolute atomic E-state index is 0.349. The quantitative estimate of drug-likeness (QED) is 0.0302. The van der Waals surface area contributed by atoms with Crippen LogP contribution < -0.4 is 49.7 Å². The summed E-state index contributed by atoms with van der Waals surface area (Å²) in [6, 6.07) is 114. The van der Waals surface area contributed by atoms with Gasteiger partial charge in [-0.3, -0.25) is 4.98 Å². The van der Waals surface area contributed by atoms with E-state index in [1.165, 1.54) is 72.2 Å². The van der Waals surface area contributed by atoms with Gasteiger partial charge in [0, 0.05) is 61.5 Å². The molecule has 0 aliphatic carbocycles. The van der Waals surface area contributed by atoms with E-state index in [9.17, 15) is 4.39 Å². The van der Waals surface area contributed by atoms with Crippen LogP contribution in [0.4, 0.5) is 10.1 Å². The molecule has 0 aliphatic heterocycles. The first-order chi connectivity index (χ1) is 65.2. The second-order valence-electron chi connectivity index (χ2n) is 32.2. The Hall–Kier alpha value is -13.2. The van der Waals surface area contributed by atoms with E-state index in [0.717, 1.165) is 130 Å². The summed E-state index contributed by atoms with van der Waals surface area (Å²) in [5, 5.41) is 10.9. The summed E-state index contributed by atoms with van der Waals surface area (Å²) in [6.45, 7) is 32.0. The van der Waals surface area contributed by atoms with Gasteiger partial charge in [-0.1, -0.05) is 249 Å². The van der Waals surface area contributed by atoms with Crippen molar-refractivity contribution in [2.75, 3.05) is 0 Å². The van der Waals surface area contributed by atoms with Gasteiger partial charge in [0.1, 0.15) is 56.6 Å². The maximum Gasteiger partial charge on any atom is 0.881 e. The van der Waals surface area contributed by atoms with Crippen LogP contribution in [0.1, 0.15) is 74.3 Å². The third-order valence-electron chi connectivity index (χ3n) is 22.5. The summed E-state index contributed by atoms with van der Waals surface area (Å²) in [7, 11) is -2.90. The molecule has 0 N–H and O–H groups in total. The molecule has 0 bridgehead atoms. The molecule has 23 heteroatoms. The Morgan fingerprint density at radius 2 is 0.701 bits per heavy atom. The first-order valence-corrected chi connectivity index (χ1v) is 50.6. The number of hydrogen-bond donors (Lipinski definition) is 0. The van der Waals surface area contributed by atoms with E-state index in [2.05, 4.69) is 206 Å². The van der Waals surface area contributed by atoms with E-state index in [0.29, 0.717) is 33.6 Å². The van der Waals surface area contributed by atoms with Crippen LogP contribution in [0.3, 0.4) is 0 Å². The Bertz CT molecular complexity index is 7280. The van der Waals surface area contributed by atoms with Crippen molar-refractivity contribution in [3.8, 4) is 62.9 Å². The van der Waals surface area contributed by atoms with Gasteiger partial charge in [-0.2, -0.15) is 0 Å². The van der Waals surface area contributed by atoms with Crippen LogP contribution >= 0.6 is 0 Å². The zero-order valence-electron chi connectivity index (χ0n) is 76.6. The topological polar surface area (TPSA) is 161 Å². The van der Waals surface area contributed by atoms with E-state index in [1.807, 2.05) is 224 Å². The fourth-order valence-electron chi connectivity index (χ4n) is 15.7. The molecular weight excluding hydrogens is 1760 g/mol. The molecule has 0 unspecified atom stereocenters. The summed E-state index contributed by atoms with van der Waals surface area (Å²) >= 11 is -3.66. The van der Waals surface area contributed by atoms with E-state index in [1.54, 1.807) is 12.1 Å². The van der Waals surface area contributed by atoms with Crippen LogP contribution in [0.25, 0.3) is 81.3 Å². The smallest absolute Gasteiger partial charge is 0.625 e. The van der Waals surface area contributed by atoms with E-state index in [-0.39, 0.29) is 5.82 Å². The van der Waals surface area contributed by atoms with Gasteiger partial charge in [-0.05, 0) is 257 Å². The third kappa shape index (κ3) is 24.1. The minimum Gasteiger partial charge on any atom is -0.625 e. The molecular formula is C111H95Al5FN6O10Si. The fraction of sp³-hybridized carbons (Fsp3) is 0.117. The molecule has 0 amide bonds. The van der Waals surface area contributed by atoms with Crippen molar-refractivity contribution in [3.05, 3.63) is 430 Å². The fourth-order valence-corrected chi connectivity index (χ4v) is 24.6. The maximum absolute atomic E-state index is 13.8. The Kier molecular flexibility index (Phi) is 32.8. The second kappa shape index (κ2) is 46.0. The van der Waals surface area contributed by atoms with Gasteiger partial charge in [-0.25, -0.2) is 29.2 Å². The summed E-state index contributed by atoms with van der Waals surface area (Å²) in [6.07, 6.45) is 0.982. The van der Waals surface area contributed by atoms with Crippen molar-refractivity contribution in [2.45, 2.75) is 89.5 Å². The molecule has 0 saturated carbocycles. The predicted molar refractivity (Wildman–Crippen MR) is 545 cm³/mol. The average Bonchev–Trinajstić information content (AvgIpc) is 0.732. The molecule has 16 nitrogen and oxygen atoms in total. The molecule has 655 valence electrons. The Morgan fingerprint density at radius 1 is 0.284 bits per heavy atom. The molecule has 0 spiro atoms. The maximum atomic E-state index is 13.8. The van der Waals surface area contributed by atoms with Crippen molar-refractivity contribution >= 4 is 174 Å². The zero-order valence-corrected chi connectivity index (χ0v) is 83.4. The molecule has 134 heavy (non-hydrogen) atoms. The SMILES string of the molecule is CCc1cc(C)nc2c([O][Al][O]c3ccc(C)cc3)cccc12.Cc1cc(C)c2cccc([O][Al][O]c3ccc(-c4ccccc4)cc3)c2n1.Cc1ccc2cc(F)cc([O][Al][O]c3ccc4ccccc4c3)c2n1.Cc1ccc2cccc([O][Al][O][Si](c3ccccc3C)(c3ccccc3C)c3ccccc3C)c2n1.[C-]#[N+]c1ccc([O][Al][O]c2ccccc2C)c2nc(C)ccc12. The van der Waals surface area contributed by atoms with Gasteiger partial charge in [0.15, 0.2) is 5.69 Å². The van der Waals surface area contributed by atoms with Crippen molar-refractivity contribution in [1.29, 1.82) is 0 Å². The molecule has 0 atom stereocenters. The van der Waals surface area contributed by atoms with Gasteiger partial charge in [0.2, 0.25) is 0 Å². The number of nitrogens with zero attached hydrogens (tertiary/aromatic N) is 6. The number of rotatable bonds is 25. The first kappa shape index (κ1) is 95.5. The lowest BCUT2D eigenvalue weighted by atomic mass is 10.1. The highest BCUT2D eigenvalue weighted by Crippen LogP contribution is 2.36. The van der Waals surface area contributed by atoms with Crippen LogP contribution in [-0.2, 0) is 9.90 Å². The summed E-state index contributed by atoms with van der Waals surface area (Å²) in [5.74, 6) is 6.26. The lowest BCUT2D eigenvalue weighted by molar-refractivity contribution is 0.458. The van der Waals surface area contributed by atoms with Crippen LogP contribution in [0.2, 0.25) is 0 Å². The molecule has 19 rings (SSSR count). The molecule has 14 aromatic carbocycles. The number of fused-ring (bicyclic) bond motifs is 6. The number of aromatic nitrogens is 5. The number of aryl methyl sites for hydroxylation is 12. The van der Waals surface area contributed by atoms with Crippen LogP contribution in [0.5, 0.6) is 51.7 Å². The molecule has 5 heterocycles. The lowest BCUT2D eigenvalue weighted by Gasteiger charge is -2.37. The third-order valence-corrected chi connectivity index (χ3v) is 31.4. The highest BCUT2D eigenvalue weighted by atomic mass is 28.4. The number of pyridine rings is 5. The lowest BCUT2D eigenvalue weighted by Crippen LogP contribution is -2.71. The molecule has 19 aromatic rings. The van der Waals surface area contributed by atoms with Crippen LogP contribution in [0, 0.1) is 88.6 Å². The van der Waals surface area contributed by atoms with Crippen LogP contribution in [0.15, 0.2) is 346 Å². The normalized spacial score (nSPS) is 10.8. The van der Waals surface area contributed by atoms with Crippen LogP contribution in [-0.4, -0.2) is 113 Å². The van der Waals surface area contributed by atoms with E-state index < -0.39 is 87.8 Å². The Balaban J connectivity index is 0.000000129. The summed E-state index contributed by atoms with van der Waals surface area (Å²) < 4.78 is 73.9. The summed E-state index contributed by atoms with van der Waals surface area (Å²) in [4.78, 5) is 26.6. The zero-order chi connectivity index (χ0) is 93.5. The molecule has 5 radical (unpaired) electrons. The van der Waals surface area contributed by atoms with Gasteiger partial charge < -0.3 is 37.6 Å². The van der Waals surface area contributed by atoms with Gasteiger partial charge in [-0.15, -0.1) is 0 Å². The van der Waals surface area contributed by atoms with Crippen molar-refractivity contribution in [1.82, 2.24) is 24.9 Å². The first-order valence-electron chi connectivity index (χ1n) is 43.9. The molecule has 0 saturated heterocycles. The van der Waals surface area contributed by atoms with Crippen molar-refractivity contribution < 1.29 is 42.0 Å². The molecule has 5 aromatic heterocycles. The minimum atomic E-state index is -2.90. The van der Waals surface area contributed by atoms with E-state index in [4.69, 9.17) is 49.1 Å². The standard InChI is InChI=1S/C21H21OSi.C12H13NO.C12H10O.C11H8N2O.C11H11NO.C10H8FNO.C10H9NO.C10H8O.2C7H8O.5Al/c1-16-10-4-7-13-19(16)23(22,20-14-8-5-11-17(20)2)21-15-9-6-12-18(21)3;1-3-9-7-8(2)13-12-10(9)5-4-6-11(12)14;13-12-8-6-11(7-9-12)10-4-2-1-3-5-10;1-7-3-4-8-9(12-2)5-6-10(14)11(8)13-7;1-7-6-8(2)12-11-9(7)4-3-5-10(11)13;1-6-2-3-7-4-8(11)5-9(13)10(7)12-6;1-7-5-6-8-3-2-4-9(12)10(8)11-7;11-10-6-5-8-3-1-2-4-9(8)7-10;1-6-2-4-7(8)5-3-6;1-6-4-2-3-5-7(6)8;;;;;/h4-15H,1-3H3;4-7,14H,3H2,1-2H3;1-9,13H;3-6,14H,1H3;3-6,13H,1-2H3;2-5,13H,1H3;2-6,12H,1H3;1-7,11H;2*2-5,8H,1H3;;;;;/q-1;;;;;;;;;;5*+2/p-9. The van der Waals surface area contributed by atoms with E-state index >= 15 is 0 Å². The summed E-state index contributed by atoms with van der Waals surface area (Å²) in [5.41, 5.74) is 20.2. The Morgan fingerprint density at radius 3 is 1.31 bits per heavy atom. The highest BCUT2D eigenvalue weighted by molar-refractivity contribution is 7.09. The highest BCUT2D eigenvalue weighted by Gasteiger charge is 2.45. The number of para-hydroxylation sites is 4. The number of halogens is 1. The van der Waals surface area contributed by atoms with Gasteiger partial charge >= 0.3 is 79.4 Å². The van der Waals surface area contributed by atoms with Crippen molar-refractivity contribution in [2.24, 2.45) is 0 Å². The Labute approximate surface area is 816 Å².